The zero-order valence-electron chi connectivity index (χ0n) is 20.4. The standard InChI is InChI=1S/C25H35N3O5S/c1-5-18-10-12-19(13-11-18)16-20-22(30)28(24(32)34-20)15-9-7-6-8-14-26-21(29)17-27-23(31)33-25(2,3)4/h10-13,16H,5-9,14-15,17H2,1-4H3,(H,26,29)(H,27,31). The first-order valence-corrected chi connectivity index (χ1v) is 12.5. The van der Waals surface area contributed by atoms with Crippen LogP contribution in [0.4, 0.5) is 9.59 Å². The molecule has 34 heavy (non-hydrogen) atoms. The van der Waals surface area contributed by atoms with E-state index in [-0.39, 0.29) is 23.6 Å². The van der Waals surface area contributed by atoms with E-state index in [2.05, 4.69) is 17.6 Å². The molecule has 1 aromatic carbocycles. The number of nitrogens with one attached hydrogen (secondary N) is 2. The van der Waals surface area contributed by atoms with Gasteiger partial charge in [0.05, 0.1) is 11.4 Å². The van der Waals surface area contributed by atoms with Gasteiger partial charge in [0.2, 0.25) is 5.91 Å². The molecule has 2 N–H and O–H groups in total. The SMILES string of the molecule is CCc1ccc(C=C2SC(=O)N(CCCCCCNC(=O)CNC(=O)OC(C)(C)C)C2=O)cc1. The van der Waals surface area contributed by atoms with Crippen molar-refractivity contribution in [2.75, 3.05) is 19.6 Å². The Balaban J connectivity index is 1.61. The average molecular weight is 490 g/mol. The molecular weight excluding hydrogens is 454 g/mol. The molecule has 8 nitrogen and oxygen atoms in total. The second-order valence-corrected chi connectivity index (χ2v) is 10.0. The lowest BCUT2D eigenvalue weighted by molar-refractivity contribution is -0.123. The second-order valence-electron chi connectivity index (χ2n) is 9.05. The molecule has 0 radical (unpaired) electrons. The monoisotopic (exact) mass is 489 g/mol. The lowest BCUT2D eigenvalue weighted by Gasteiger charge is -2.19. The third kappa shape index (κ3) is 9.59. The maximum Gasteiger partial charge on any atom is 0.408 e. The summed E-state index contributed by atoms with van der Waals surface area (Å²) in [6.07, 6.45) is 5.28. The molecule has 1 heterocycles. The minimum Gasteiger partial charge on any atom is -0.444 e. The van der Waals surface area contributed by atoms with Crippen molar-refractivity contribution in [3.8, 4) is 0 Å². The quantitative estimate of drug-likeness (QED) is 0.351. The van der Waals surface area contributed by atoms with E-state index in [4.69, 9.17) is 4.74 Å². The van der Waals surface area contributed by atoms with Crippen molar-refractivity contribution >= 4 is 41.0 Å². The molecule has 1 fully saturated rings. The van der Waals surface area contributed by atoms with Crippen LogP contribution in [0, 0.1) is 0 Å². The van der Waals surface area contributed by atoms with Gasteiger partial charge in [-0.1, -0.05) is 44.0 Å². The van der Waals surface area contributed by atoms with E-state index in [1.54, 1.807) is 26.8 Å². The Labute approximate surface area is 205 Å². The maximum atomic E-state index is 12.6. The number of unbranched alkanes of at least 4 members (excludes halogenated alkanes) is 3. The van der Waals surface area contributed by atoms with Gasteiger partial charge in [0, 0.05) is 13.1 Å². The number of benzene rings is 1. The largest absolute Gasteiger partial charge is 0.444 e. The van der Waals surface area contributed by atoms with Crippen molar-refractivity contribution < 1.29 is 23.9 Å². The third-order valence-corrected chi connectivity index (χ3v) is 5.89. The van der Waals surface area contributed by atoms with Gasteiger partial charge in [0.1, 0.15) is 5.60 Å². The smallest absolute Gasteiger partial charge is 0.408 e. The van der Waals surface area contributed by atoms with E-state index in [9.17, 15) is 19.2 Å². The Morgan fingerprint density at radius 2 is 1.71 bits per heavy atom. The van der Waals surface area contributed by atoms with Gasteiger partial charge in [-0.3, -0.25) is 19.3 Å². The molecule has 1 aromatic rings. The number of hydrogen-bond acceptors (Lipinski definition) is 6. The first-order chi connectivity index (χ1) is 16.1. The van der Waals surface area contributed by atoms with Crippen LogP contribution in [0.15, 0.2) is 29.2 Å². The predicted octanol–water partition coefficient (Wildman–Crippen LogP) is 4.49. The topological polar surface area (TPSA) is 105 Å². The first-order valence-electron chi connectivity index (χ1n) is 11.7. The summed E-state index contributed by atoms with van der Waals surface area (Å²) < 4.78 is 5.07. The number of ether oxygens (including phenoxy) is 1. The average Bonchev–Trinajstić information content (AvgIpc) is 3.03. The van der Waals surface area contributed by atoms with E-state index in [1.165, 1.54) is 10.5 Å². The molecular formula is C25H35N3O5S. The molecule has 0 aliphatic carbocycles. The Kier molecular flexibility index (Phi) is 10.6. The summed E-state index contributed by atoms with van der Waals surface area (Å²) in [6, 6.07) is 7.96. The Hall–Kier alpha value is -2.81. The van der Waals surface area contributed by atoms with Crippen LogP contribution in [0.5, 0.6) is 0 Å². The molecule has 0 aromatic heterocycles. The van der Waals surface area contributed by atoms with Gasteiger partial charge < -0.3 is 15.4 Å². The molecule has 0 saturated carbocycles. The number of rotatable bonds is 11. The van der Waals surface area contributed by atoms with Gasteiger partial charge in [-0.2, -0.15) is 0 Å². The number of thioether (sulfide) groups is 1. The highest BCUT2D eigenvalue weighted by Gasteiger charge is 2.34. The first kappa shape index (κ1) is 27.4. The van der Waals surface area contributed by atoms with Crippen molar-refractivity contribution in [3.63, 3.8) is 0 Å². The molecule has 0 unspecified atom stereocenters. The van der Waals surface area contributed by atoms with Crippen molar-refractivity contribution in [1.82, 2.24) is 15.5 Å². The molecule has 1 aliphatic heterocycles. The molecule has 186 valence electrons. The fraction of sp³-hybridized carbons (Fsp3) is 0.520. The number of hydrogen-bond donors (Lipinski definition) is 2. The van der Waals surface area contributed by atoms with Crippen LogP contribution in [-0.2, 0) is 20.7 Å². The number of carbonyl (C=O) groups is 4. The number of imide groups is 1. The normalized spacial score (nSPS) is 15.1. The summed E-state index contributed by atoms with van der Waals surface area (Å²) in [6.45, 7) is 8.10. The van der Waals surface area contributed by atoms with Crippen LogP contribution in [0.3, 0.4) is 0 Å². The summed E-state index contributed by atoms with van der Waals surface area (Å²) >= 11 is 0.983. The number of aryl methyl sites for hydroxylation is 1. The number of alkyl carbamates (subject to hydrolysis) is 1. The molecule has 4 amide bonds. The molecule has 0 bridgehead atoms. The summed E-state index contributed by atoms with van der Waals surface area (Å²) in [4.78, 5) is 49.9. The summed E-state index contributed by atoms with van der Waals surface area (Å²) in [7, 11) is 0. The fourth-order valence-corrected chi connectivity index (χ4v) is 4.06. The fourth-order valence-electron chi connectivity index (χ4n) is 3.20. The Bertz CT molecular complexity index is 906. The van der Waals surface area contributed by atoms with Crippen LogP contribution in [-0.4, -0.2) is 53.3 Å². The van der Waals surface area contributed by atoms with E-state index < -0.39 is 11.7 Å². The van der Waals surface area contributed by atoms with Crippen LogP contribution < -0.4 is 10.6 Å². The van der Waals surface area contributed by atoms with Gasteiger partial charge in [-0.05, 0) is 69.0 Å². The number of amides is 4. The van der Waals surface area contributed by atoms with Gasteiger partial charge in [0.25, 0.3) is 11.1 Å². The number of nitrogens with zero attached hydrogens (tertiary/aromatic N) is 1. The molecule has 0 spiro atoms. The van der Waals surface area contributed by atoms with Gasteiger partial charge >= 0.3 is 6.09 Å². The third-order valence-electron chi connectivity index (χ3n) is 4.98. The molecule has 1 saturated heterocycles. The van der Waals surface area contributed by atoms with Crippen LogP contribution in [0.25, 0.3) is 6.08 Å². The lowest BCUT2D eigenvalue weighted by Crippen LogP contribution is -2.39. The van der Waals surface area contributed by atoms with Crippen molar-refractivity contribution in [2.45, 2.75) is 65.4 Å². The van der Waals surface area contributed by atoms with Crippen molar-refractivity contribution in [1.29, 1.82) is 0 Å². The molecule has 2 rings (SSSR count). The molecule has 0 atom stereocenters. The van der Waals surface area contributed by atoms with E-state index in [0.29, 0.717) is 24.4 Å². The Morgan fingerprint density at radius 3 is 2.35 bits per heavy atom. The van der Waals surface area contributed by atoms with E-state index >= 15 is 0 Å². The minimum absolute atomic E-state index is 0.135. The summed E-state index contributed by atoms with van der Waals surface area (Å²) in [5.41, 5.74) is 1.52. The summed E-state index contributed by atoms with van der Waals surface area (Å²) in [5, 5.41) is 4.93. The molecule has 9 heteroatoms. The van der Waals surface area contributed by atoms with Crippen LogP contribution in [0.1, 0.15) is 64.5 Å². The van der Waals surface area contributed by atoms with Crippen LogP contribution in [0.2, 0.25) is 0 Å². The van der Waals surface area contributed by atoms with Crippen LogP contribution >= 0.6 is 11.8 Å². The number of carbonyl (C=O) groups excluding carboxylic acids is 4. The van der Waals surface area contributed by atoms with E-state index in [1.807, 2.05) is 24.3 Å². The van der Waals surface area contributed by atoms with Gasteiger partial charge in [0.15, 0.2) is 0 Å². The Morgan fingerprint density at radius 1 is 1.03 bits per heavy atom. The highest BCUT2D eigenvalue weighted by atomic mass is 32.2. The van der Waals surface area contributed by atoms with Crippen molar-refractivity contribution in [2.24, 2.45) is 0 Å². The zero-order valence-corrected chi connectivity index (χ0v) is 21.3. The van der Waals surface area contributed by atoms with Gasteiger partial charge in [-0.25, -0.2) is 4.79 Å². The van der Waals surface area contributed by atoms with Gasteiger partial charge in [-0.15, -0.1) is 0 Å². The minimum atomic E-state index is -0.626. The molecule has 1 aliphatic rings. The van der Waals surface area contributed by atoms with E-state index in [0.717, 1.165) is 43.0 Å². The lowest BCUT2D eigenvalue weighted by atomic mass is 10.1. The zero-order chi connectivity index (χ0) is 25.1. The maximum absolute atomic E-state index is 12.6. The highest BCUT2D eigenvalue weighted by Crippen LogP contribution is 2.32. The second kappa shape index (κ2) is 13.2. The summed E-state index contributed by atoms with van der Waals surface area (Å²) in [5.74, 6) is -0.515. The van der Waals surface area contributed by atoms with Crippen molar-refractivity contribution in [3.05, 3.63) is 40.3 Å². The predicted molar refractivity (Wildman–Crippen MR) is 134 cm³/mol. The highest BCUT2D eigenvalue weighted by molar-refractivity contribution is 8.18.